The second kappa shape index (κ2) is 9.29. The van der Waals surface area contributed by atoms with Crippen molar-refractivity contribution in [3.63, 3.8) is 0 Å². The summed E-state index contributed by atoms with van der Waals surface area (Å²) in [5.74, 6) is -2.23. The van der Waals surface area contributed by atoms with E-state index in [1.807, 2.05) is 0 Å². The van der Waals surface area contributed by atoms with Crippen LogP contribution in [0.15, 0.2) is 16.5 Å². The van der Waals surface area contributed by atoms with E-state index in [-0.39, 0.29) is 44.6 Å². The van der Waals surface area contributed by atoms with Crippen molar-refractivity contribution in [2.24, 2.45) is 0 Å². The summed E-state index contributed by atoms with van der Waals surface area (Å²) in [5.41, 5.74) is 0.172. The summed E-state index contributed by atoms with van der Waals surface area (Å²) in [5, 5.41) is 10.7. The smallest absolute Gasteiger partial charge is 0.316 e. The van der Waals surface area contributed by atoms with E-state index in [0.29, 0.717) is 4.34 Å². The number of amides is 3. The summed E-state index contributed by atoms with van der Waals surface area (Å²) in [6.45, 7) is 3.41. The Hall–Kier alpha value is -2.21. The topological polar surface area (TPSA) is 119 Å². The molecule has 1 aliphatic heterocycles. The van der Waals surface area contributed by atoms with Crippen LogP contribution < -0.4 is 5.32 Å². The van der Waals surface area contributed by atoms with Crippen molar-refractivity contribution in [3.8, 4) is 0 Å². The van der Waals surface area contributed by atoms with Gasteiger partial charge in [-0.3, -0.25) is 29.4 Å². The molecule has 158 valence electrons. The molecule has 0 bridgehead atoms. The van der Waals surface area contributed by atoms with Gasteiger partial charge in [0.15, 0.2) is 4.34 Å². The van der Waals surface area contributed by atoms with Gasteiger partial charge in [0.05, 0.1) is 33.5 Å². The van der Waals surface area contributed by atoms with Gasteiger partial charge >= 0.3 is 5.97 Å². The van der Waals surface area contributed by atoms with Crippen LogP contribution >= 0.6 is 46.3 Å². The zero-order chi connectivity index (χ0) is 22.0. The Morgan fingerprint density at radius 1 is 1.20 bits per heavy atom. The molecule has 0 saturated heterocycles. The third-order valence-electron chi connectivity index (χ3n) is 3.98. The molecule has 0 radical (unpaired) electrons. The first-order valence-corrected chi connectivity index (χ1v) is 11.1. The van der Waals surface area contributed by atoms with Crippen LogP contribution in [0.2, 0.25) is 10.0 Å². The highest BCUT2D eigenvalue weighted by atomic mass is 35.5. The summed E-state index contributed by atoms with van der Waals surface area (Å²) in [6, 6.07) is 1.50. The van der Waals surface area contributed by atoms with E-state index in [1.165, 1.54) is 19.1 Å². The summed E-state index contributed by atoms with van der Waals surface area (Å²) >= 11 is 14.0. The van der Waals surface area contributed by atoms with E-state index in [2.05, 4.69) is 15.5 Å². The second-order valence-corrected chi connectivity index (χ2v) is 8.94. The van der Waals surface area contributed by atoms with Crippen molar-refractivity contribution in [3.05, 3.63) is 33.3 Å². The number of ether oxygens (including phenoxy) is 1. The third kappa shape index (κ3) is 4.59. The van der Waals surface area contributed by atoms with Gasteiger partial charge in [0.1, 0.15) is 6.04 Å². The summed E-state index contributed by atoms with van der Waals surface area (Å²) < 4.78 is 5.28. The van der Waals surface area contributed by atoms with Crippen LogP contribution in [0.4, 0.5) is 5.13 Å². The zero-order valence-electron chi connectivity index (χ0n) is 15.6. The predicted octanol–water partition coefficient (Wildman–Crippen LogP) is 3.12. The number of anilines is 1. The zero-order valence-corrected chi connectivity index (χ0v) is 18.7. The van der Waals surface area contributed by atoms with Crippen LogP contribution in [0.5, 0.6) is 0 Å². The number of nitrogens with one attached hydrogen (secondary N) is 1. The number of halogens is 2. The number of hydrogen-bond donors (Lipinski definition) is 1. The monoisotopic (exact) mass is 488 g/mol. The molecule has 3 rings (SSSR count). The second-order valence-electron chi connectivity index (χ2n) is 5.92. The highest BCUT2D eigenvalue weighted by molar-refractivity contribution is 8.01. The Bertz CT molecular complexity index is 1000. The summed E-state index contributed by atoms with van der Waals surface area (Å²) in [4.78, 5) is 50.1. The lowest BCUT2D eigenvalue weighted by Crippen LogP contribution is -2.45. The molecule has 0 unspecified atom stereocenters. The van der Waals surface area contributed by atoms with Crippen molar-refractivity contribution in [2.75, 3.05) is 17.7 Å². The van der Waals surface area contributed by atoms with Crippen molar-refractivity contribution in [1.29, 1.82) is 0 Å². The van der Waals surface area contributed by atoms with Crippen LogP contribution in [-0.4, -0.2) is 57.2 Å². The molecule has 1 aliphatic rings. The molecule has 2 heterocycles. The number of rotatable bonds is 7. The Morgan fingerprint density at radius 3 is 2.37 bits per heavy atom. The minimum Gasteiger partial charge on any atom is -0.465 e. The molecule has 0 fully saturated rings. The SMILES string of the molecule is CCOC(=O)CSc1nnc(NC(=O)[C@H](C)N2C(=O)c3cc(Cl)c(Cl)cc3C2=O)s1. The molecule has 1 aromatic carbocycles. The summed E-state index contributed by atoms with van der Waals surface area (Å²) in [6.07, 6.45) is 0. The van der Waals surface area contributed by atoms with Crippen LogP contribution in [0.3, 0.4) is 0 Å². The van der Waals surface area contributed by atoms with E-state index < -0.39 is 23.8 Å². The maximum absolute atomic E-state index is 12.6. The fraction of sp³-hybridized carbons (Fsp3) is 0.294. The van der Waals surface area contributed by atoms with Gasteiger partial charge in [-0.05, 0) is 26.0 Å². The van der Waals surface area contributed by atoms with Gasteiger partial charge in [-0.15, -0.1) is 10.2 Å². The van der Waals surface area contributed by atoms with Crippen molar-refractivity contribution in [2.45, 2.75) is 24.2 Å². The maximum atomic E-state index is 12.6. The van der Waals surface area contributed by atoms with E-state index in [1.54, 1.807) is 6.92 Å². The third-order valence-corrected chi connectivity index (χ3v) is 6.65. The lowest BCUT2D eigenvalue weighted by Gasteiger charge is -2.20. The molecule has 1 N–H and O–H groups in total. The van der Waals surface area contributed by atoms with E-state index in [4.69, 9.17) is 27.9 Å². The van der Waals surface area contributed by atoms with Gasteiger partial charge in [-0.25, -0.2) is 0 Å². The lowest BCUT2D eigenvalue weighted by atomic mass is 10.1. The fourth-order valence-electron chi connectivity index (χ4n) is 2.57. The molecular weight excluding hydrogens is 475 g/mol. The highest BCUT2D eigenvalue weighted by Gasteiger charge is 2.41. The molecular formula is C17H14Cl2N4O5S2. The quantitative estimate of drug-likeness (QED) is 0.273. The normalized spacial score (nSPS) is 13.9. The van der Waals surface area contributed by atoms with E-state index >= 15 is 0 Å². The van der Waals surface area contributed by atoms with Crippen molar-refractivity contribution < 1.29 is 23.9 Å². The van der Waals surface area contributed by atoms with Gasteiger partial charge in [0.2, 0.25) is 11.0 Å². The first-order chi connectivity index (χ1) is 14.2. The van der Waals surface area contributed by atoms with Crippen LogP contribution in [0, 0.1) is 0 Å². The van der Waals surface area contributed by atoms with Crippen LogP contribution in [0.25, 0.3) is 0 Å². The number of hydrogen-bond acceptors (Lipinski definition) is 9. The molecule has 0 aliphatic carbocycles. The molecule has 13 heteroatoms. The molecule has 9 nitrogen and oxygen atoms in total. The van der Waals surface area contributed by atoms with Gasteiger partial charge in [0, 0.05) is 0 Å². The Morgan fingerprint density at radius 2 is 1.80 bits per heavy atom. The van der Waals surface area contributed by atoms with Gasteiger partial charge in [-0.2, -0.15) is 0 Å². The molecule has 3 amide bonds. The van der Waals surface area contributed by atoms with Crippen molar-refractivity contribution >= 4 is 75.1 Å². The number of aromatic nitrogens is 2. The standard InChI is InChI=1S/C17H14Cl2N4O5S2/c1-3-28-12(24)6-29-17-22-21-16(30-17)20-13(25)7(2)23-14(26)8-4-10(18)11(19)5-9(8)15(23)27/h4-5,7H,3,6H2,1-2H3,(H,20,21,25)/t7-/m0/s1. The Kier molecular flexibility index (Phi) is 6.96. The largest absolute Gasteiger partial charge is 0.465 e. The number of esters is 1. The van der Waals surface area contributed by atoms with Crippen LogP contribution in [-0.2, 0) is 14.3 Å². The number of nitrogens with zero attached hydrogens (tertiary/aromatic N) is 3. The molecule has 30 heavy (non-hydrogen) atoms. The Labute approximate surface area is 189 Å². The number of thioether (sulfide) groups is 1. The highest BCUT2D eigenvalue weighted by Crippen LogP contribution is 2.33. The molecule has 0 spiro atoms. The predicted molar refractivity (Wildman–Crippen MR) is 112 cm³/mol. The minimum atomic E-state index is -1.12. The number of carbonyl (C=O) groups is 4. The number of imide groups is 1. The average Bonchev–Trinajstić information content (AvgIpc) is 3.23. The molecule has 1 aromatic heterocycles. The fourth-order valence-corrected chi connectivity index (χ4v) is 4.45. The average molecular weight is 489 g/mol. The first-order valence-electron chi connectivity index (χ1n) is 8.52. The van der Waals surface area contributed by atoms with Crippen LogP contribution in [0.1, 0.15) is 34.6 Å². The van der Waals surface area contributed by atoms with Gasteiger partial charge < -0.3 is 4.74 Å². The molecule has 0 saturated carbocycles. The molecule has 1 atom stereocenters. The first kappa shape index (κ1) is 22.5. The maximum Gasteiger partial charge on any atom is 0.316 e. The lowest BCUT2D eigenvalue weighted by molar-refractivity contribution is -0.139. The van der Waals surface area contributed by atoms with E-state index in [0.717, 1.165) is 28.0 Å². The Balaban J connectivity index is 1.66. The van der Waals surface area contributed by atoms with Gasteiger partial charge in [0.25, 0.3) is 11.8 Å². The molecule has 2 aromatic rings. The van der Waals surface area contributed by atoms with E-state index in [9.17, 15) is 19.2 Å². The minimum absolute atomic E-state index is 0.0625. The van der Waals surface area contributed by atoms with Crippen molar-refractivity contribution in [1.82, 2.24) is 15.1 Å². The van der Waals surface area contributed by atoms with Gasteiger partial charge in [-0.1, -0.05) is 46.3 Å². The summed E-state index contributed by atoms with van der Waals surface area (Å²) in [7, 11) is 0. The number of carbonyl (C=O) groups excluding carboxylic acids is 4. The number of benzene rings is 1. The number of fused-ring (bicyclic) bond motifs is 1.